The fraction of sp³-hybridized carbons (Fsp3) is 0.294. The van der Waals surface area contributed by atoms with Crippen LogP contribution in [0.15, 0.2) is 40.9 Å². The molecule has 25 heavy (non-hydrogen) atoms. The number of carbonyl (C=O) groups excluding carboxylic acids is 3. The molecule has 2 heterocycles. The maximum Gasteiger partial charge on any atom is 0.325 e. The average Bonchev–Trinajstić information content (AvgIpc) is 3.05. The summed E-state index contributed by atoms with van der Waals surface area (Å²) in [7, 11) is 0. The molecule has 8 nitrogen and oxygen atoms in total. The molecule has 0 saturated carbocycles. The number of urea groups is 1. The van der Waals surface area contributed by atoms with Crippen molar-refractivity contribution < 1.29 is 18.9 Å². The van der Waals surface area contributed by atoms with Crippen molar-refractivity contribution in [2.75, 3.05) is 0 Å². The molecule has 3 N–H and O–H groups in total. The lowest BCUT2D eigenvalue weighted by molar-refractivity contribution is -0.142. The standard InChI is InChI=1S/C17H18N4O4/c1-17(2)13(10-6-4-3-5-7-10)19-16(24)21(15(17)23)9-11-8-12(14(18)22)20-25-11/h3-8,13H,9H2,1-2H3,(H2,18,22)(H,19,24). The van der Waals surface area contributed by atoms with E-state index in [4.69, 9.17) is 10.3 Å². The van der Waals surface area contributed by atoms with Crippen molar-refractivity contribution in [1.29, 1.82) is 0 Å². The Morgan fingerprint density at radius 2 is 2.00 bits per heavy atom. The first-order valence-corrected chi connectivity index (χ1v) is 7.73. The molecule has 1 saturated heterocycles. The van der Waals surface area contributed by atoms with E-state index >= 15 is 0 Å². The van der Waals surface area contributed by atoms with E-state index in [0.717, 1.165) is 10.5 Å². The minimum Gasteiger partial charge on any atom is -0.364 e. The normalized spacial score (nSPS) is 19.6. The highest BCUT2D eigenvalue weighted by Crippen LogP contribution is 2.38. The Kier molecular flexibility index (Phi) is 4.03. The van der Waals surface area contributed by atoms with Gasteiger partial charge in [-0.2, -0.15) is 0 Å². The highest BCUT2D eigenvalue weighted by atomic mass is 16.5. The highest BCUT2D eigenvalue weighted by Gasteiger charge is 2.48. The summed E-state index contributed by atoms with van der Waals surface area (Å²) in [5.74, 6) is -0.887. The zero-order chi connectivity index (χ0) is 18.2. The number of amides is 4. The lowest BCUT2D eigenvalue weighted by atomic mass is 9.77. The minimum atomic E-state index is -0.859. The van der Waals surface area contributed by atoms with Crippen LogP contribution in [0.4, 0.5) is 4.79 Å². The molecule has 130 valence electrons. The third-order valence-electron chi connectivity index (χ3n) is 4.29. The zero-order valence-electron chi connectivity index (χ0n) is 13.9. The number of nitrogens with zero attached hydrogens (tertiary/aromatic N) is 2. The second-order valence-electron chi connectivity index (χ2n) is 6.45. The van der Waals surface area contributed by atoms with Gasteiger partial charge in [0, 0.05) is 6.07 Å². The van der Waals surface area contributed by atoms with Crippen molar-refractivity contribution in [2.45, 2.75) is 26.4 Å². The number of carbonyl (C=O) groups is 3. The summed E-state index contributed by atoms with van der Waals surface area (Å²) in [4.78, 5) is 37.5. The number of imide groups is 1. The van der Waals surface area contributed by atoms with Crippen LogP contribution in [0.1, 0.15) is 41.7 Å². The van der Waals surface area contributed by atoms with Gasteiger partial charge in [-0.1, -0.05) is 35.5 Å². The minimum absolute atomic E-state index is 0.0544. The molecule has 2 aromatic rings. The number of primary amides is 1. The topological polar surface area (TPSA) is 119 Å². The fourth-order valence-electron chi connectivity index (χ4n) is 2.89. The first kappa shape index (κ1) is 16.7. The quantitative estimate of drug-likeness (QED) is 0.874. The number of aromatic nitrogens is 1. The molecule has 4 amide bonds. The largest absolute Gasteiger partial charge is 0.364 e. The predicted octanol–water partition coefficient (Wildman–Crippen LogP) is 1.59. The van der Waals surface area contributed by atoms with Gasteiger partial charge in [0.15, 0.2) is 11.5 Å². The van der Waals surface area contributed by atoms with E-state index in [-0.39, 0.29) is 23.9 Å². The lowest BCUT2D eigenvalue weighted by Crippen LogP contribution is -2.59. The molecule has 1 aromatic heterocycles. The van der Waals surface area contributed by atoms with Crippen LogP contribution in [0.25, 0.3) is 0 Å². The molecule has 1 aliphatic rings. The Morgan fingerprint density at radius 1 is 1.32 bits per heavy atom. The summed E-state index contributed by atoms with van der Waals surface area (Å²) in [6, 6.07) is 9.66. The van der Waals surface area contributed by atoms with E-state index < -0.39 is 23.4 Å². The number of hydrogen-bond acceptors (Lipinski definition) is 5. The molecule has 1 atom stereocenters. The van der Waals surface area contributed by atoms with Crippen molar-refractivity contribution in [1.82, 2.24) is 15.4 Å². The van der Waals surface area contributed by atoms with Crippen LogP contribution in [0.2, 0.25) is 0 Å². The molecule has 3 rings (SSSR count). The smallest absolute Gasteiger partial charge is 0.325 e. The van der Waals surface area contributed by atoms with Crippen LogP contribution in [-0.4, -0.2) is 27.9 Å². The monoisotopic (exact) mass is 342 g/mol. The van der Waals surface area contributed by atoms with Crippen molar-refractivity contribution in [3.8, 4) is 0 Å². The second-order valence-corrected chi connectivity index (χ2v) is 6.45. The summed E-state index contributed by atoms with van der Waals surface area (Å²) >= 11 is 0. The third kappa shape index (κ3) is 2.98. The van der Waals surface area contributed by atoms with Gasteiger partial charge < -0.3 is 15.6 Å². The SMILES string of the molecule is CC1(C)C(=O)N(Cc2cc(C(N)=O)no2)C(=O)NC1c1ccccc1. The van der Waals surface area contributed by atoms with Crippen LogP contribution >= 0.6 is 0 Å². The number of hydrogen-bond donors (Lipinski definition) is 2. The summed E-state index contributed by atoms with van der Waals surface area (Å²) in [6.45, 7) is 3.42. The number of nitrogens with two attached hydrogens (primary N) is 1. The molecule has 0 bridgehead atoms. The highest BCUT2D eigenvalue weighted by molar-refractivity contribution is 6.00. The maximum atomic E-state index is 12.9. The van der Waals surface area contributed by atoms with E-state index in [1.807, 2.05) is 30.3 Å². The molecule has 1 fully saturated rings. The van der Waals surface area contributed by atoms with Crippen molar-refractivity contribution in [3.05, 3.63) is 53.4 Å². The van der Waals surface area contributed by atoms with E-state index in [0.29, 0.717) is 0 Å². The second kappa shape index (κ2) is 6.04. The summed E-state index contributed by atoms with van der Waals surface area (Å²) in [6.07, 6.45) is 0. The first-order valence-electron chi connectivity index (χ1n) is 7.73. The van der Waals surface area contributed by atoms with Gasteiger partial charge in [-0.25, -0.2) is 4.79 Å². The Hall–Kier alpha value is -3.16. The molecule has 0 radical (unpaired) electrons. The van der Waals surface area contributed by atoms with Crippen molar-refractivity contribution in [2.24, 2.45) is 11.1 Å². The third-order valence-corrected chi connectivity index (χ3v) is 4.29. The molecule has 8 heteroatoms. The van der Waals surface area contributed by atoms with E-state index in [1.54, 1.807) is 13.8 Å². The van der Waals surface area contributed by atoms with Gasteiger partial charge in [0.05, 0.1) is 18.0 Å². The molecular weight excluding hydrogens is 324 g/mol. The number of benzene rings is 1. The fourth-order valence-corrected chi connectivity index (χ4v) is 2.89. The van der Waals surface area contributed by atoms with Gasteiger partial charge in [0.1, 0.15) is 0 Å². The molecule has 1 unspecified atom stereocenters. The van der Waals surface area contributed by atoms with Gasteiger partial charge >= 0.3 is 6.03 Å². The molecule has 0 aliphatic carbocycles. The van der Waals surface area contributed by atoms with Crippen LogP contribution in [-0.2, 0) is 11.3 Å². The molecular formula is C17H18N4O4. The summed E-state index contributed by atoms with van der Waals surface area (Å²) in [5.41, 5.74) is 5.06. The van der Waals surface area contributed by atoms with E-state index in [2.05, 4.69) is 10.5 Å². The molecule has 1 aromatic carbocycles. The van der Waals surface area contributed by atoms with Crippen LogP contribution in [0.5, 0.6) is 0 Å². The van der Waals surface area contributed by atoms with Crippen molar-refractivity contribution >= 4 is 17.8 Å². The van der Waals surface area contributed by atoms with Gasteiger partial charge in [-0.15, -0.1) is 0 Å². The molecule has 1 aliphatic heterocycles. The lowest BCUT2D eigenvalue weighted by Gasteiger charge is -2.42. The van der Waals surface area contributed by atoms with Gasteiger partial charge in [0.2, 0.25) is 5.91 Å². The van der Waals surface area contributed by atoms with Crippen LogP contribution in [0, 0.1) is 5.41 Å². The Bertz CT molecular complexity index is 828. The summed E-state index contributed by atoms with van der Waals surface area (Å²) in [5, 5.41) is 6.38. The average molecular weight is 342 g/mol. The van der Waals surface area contributed by atoms with E-state index in [9.17, 15) is 14.4 Å². The van der Waals surface area contributed by atoms with Gasteiger partial charge in [0.25, 0.3) is 5.91 Å². The maximum absolute atomic E-state index is 12.9. The Labute approximate surface area is 144 Å². The Morgan fingerprint density at radius 3 is 2.60 bits per heavy atom. The predicted molar refractivity (Wildman–Crippen MR) is 87.1 cm³/mol. The van der Waals surface area contributed by atoms with Crippen LogP contribution < -0.4 is 11.1 Å². The molecule has 0 spiro atoms. The van der Waals surface area contributed by atoms with E-state index in [1.165, 1.54) is 6.07 Å². The summed E-state index contributed by atoms with van der Waals surface area (Å²) < 4.78 is 4.98. The first-order chi connectivity index (χ1) is 11.8. The number of rotatable bonds is 4. The number of nitrogens with one attached hydrogen (secondary N) is 1. The van der Waals surface area contributed by atoms with Gasteiger partial charge in [-0.3, -0.25) is 14.5 Å². The Balaban J connectivity index is 1.85. The van der Waals surface area contributed by atoms with Gasteiger partial charge in [-0.05, 0) is 19.4 Å². The van der Waals surface area contributed by atoms with Crippen molar-refractivity contribution in [3.63, 3.8) is 0 Å². The van der Waals surface area contributed by atoms with Crippen LogP contribution in [0.3, 0.4) is 0 Å². The zero-order valence-corrected chi connectivity index (χ0v) is 13.9.